The van der Waals surface area contributed by atoms with Crippen LogP contribution in [0.5, 0.6) is 0 Å². The van der Waals surface area contributed by atoms with E-state index < -0.39 is 0 Å². The fraction of sp³-hybridized carbons (Fsp3) is 0.300. The number of nitrogens with zero attached hydrogens (tertiary/aromatic N) is 4. The Balaban J connectivity index is 1.62. The Morgan fingerprint density at radius 3 is 2.93 bits per heavy atom. The van der Waals surface area contributed by atoms with Gasteiger partial charge in [0.2, 0.25) is 0 Å². The first-order valence-electron chi connectivity index (χ1n) is 9.09. The Morgan fingerprint density at radius 1 is 1.19 bits per heavy atom. The van der Waals surface area contributed by atoms with Crippen molar-refractivity contribution in [3.05, 3.63) is 73.1 Å². The van der Waals surface area contributed by atoms with E-state index in [-0.39, 0.29) is 17.7 Å². The number of aromatic nitrogens is 4. The summed E-state index contributed by atoms with van der Waals surface area (Å²) in [5, 5.41) is 0.755. The molecule has 27 heavy (non-hydrogen) atoms. The highest BCUT2D eigenvalue weighted by Gasteiger charge is 2.20. The molecule has 0 atom stereocenters. The van der Waals surface area contributed by atoms with Gasteiger partial charge < -0.3 is 0 Å². The van der Waals surface area contributed by atoms with Crippen molar-refractivity contribution >= 4 is 27.2 Å². The molecule has 4 aromatic heterocycles. The van der Waals surface area contributed by atoms with Crippen LogP contribution in [0.2, 0.25) is 0 Å². The highest BCUT2D eigenvalue weighted by atomic mass is 32.1. The third-order valence-electron chi connectivity index (χ3n) is 5.13. The molecule has 0 aliphatic heterocycles. The van der Waals surface area contributed by atoms with Crippen LogP contribution < -0.4 is 11.1 Å². The standard InChI is InChI=1S/C20H18N4O2S/c1-12-6-7-16-22-13(8-17(25)24(16)9-12)10-23-11-21-19-18(20(23)26)14-4-2-3-5-15(14)27-19/h6-9,11H,2-5,10H2,1H3. The maximum Gasteiger partial charge on any atom is 0.262 e. The third-order valence-corrected chi connectivity index (χ3v) is 6.33. The summed E-state index contributed by atoms with van der Waals surface area (Å²) in [4.78, 5) is 36.7. The van der Waals surface area contributed by atoms with Crippen LogP contribution in [0.1, 0.15) is 34.5 Å². The lowest BCUT2D eigenvalue weighted by Crippen LogP contribution is -2.24. The van der Waals surface area contributed by atoms with Crippen molar-refractivity contribution in [1.82, 2.24) is 18.9 Å². The van der Waals surface area contributed by atoms with Gasteiger partial charge in [-0.15, -0.1) is 11.3 Å². The van der Waals surface area contributed by atoms with Crippen molar-refractivity contribution < 1.29 is 0 Å². The Morgan fingerprint density at radius 2 is 2.04 bits per heavy atom. The van der Waals surface area contributed by atoms with Crippen LogP contribution in [0.4, 0.5) is 0 Å². The average molecular weight is 378 g/mol. The van der Waals surface area contributed by atoms with Gasteiger partial charge in [0.15, 0.2) is 0 Å². The molecule has 1 aliphatic rings. The topological polar surface area (TPSA) is 69.3 Å². The highest BCUT2D eigenvalue weighted by Crippen LogP contribution is 2.33. The lowest BCUT2D eigenvalue weighted by molar-refractivity contribution is 0.696. The molecule has 0 aromatic carbocycles. The first kappa shape index (κ1) is 16.4. The maximum absolute atomic E-state index is 13.1. The molecule has 0 spiro atoms. The van der Waals surface area contributed by atoms with Crippen LogP contribution in [0, 0.1) is 6.92 Å². The Labute approximate surface area is 158 Å². The fourth-order valence-electron chi connectivity index (χ4n) is 3.81. The average Bonchev–Trinajstić information content (AvgIpc) is 3.04. The Bertz CT molecular complexity index is 1320. The summed E-state index contributed by atoms with van der Waals surface area (Å²) < 4.78 is 3.09. The van der Waals surface area contributed by atoms with Crippen LogP contribution in [0.15, 0.2) is 40.3 Å². The Hall–Kier alpha value is -2.80. The molecule has 0 saturated carbocycles. The minimum atomic E-state index is -0.145. The number of hydrogen-bond acceptors (Lipinski definition) is 5. The van der Waals surface area contributed by atoms with Crippen molar-refractivity contribution in [2.75, 3.05) is 0 Å². The summed E-state index contributed by atoms with van der Waals surface area (Å²) in [6.45, 7) is 2.17. The first-order chi connectivity index (χ1) is 13.1. The van der Waals surface area contributed by atoms with E-state index in [2.05, 4.69) is 9.97 Å². The molecule has 5 rings (SSSR count). The molecule has 136 valence electrons. The molecule has 0 radical (unpaired) electrons. The van der Waals surface area contributed by atoms with Gasteiger partial charge in [-0.3, -0.25) is 18.6 Å². The Kier molecular flexibility index (Phi) is 3.72. The normalized spacial score (nSPS) is 14.0. The summed E-state index contributed by atoms with van der Waals surface area (Å²) in [5.41, 5.74) is 3.13. The molecule has 4 heterocycles. The smallest absolute Gasteiger partial charge is 0.262 e. The summed E-state index contributed by atoms with van der Waals surface area (Å²) in [6.07, 6.45) is 7.63. The molecule has 7 heteroatoms. The molecular weight excluding hydrogens is 360 g/mol. The number of fused-ring (bicyclic) bond motifs is 4. The minimum absolute atomic E-state index is 0.0368. The first-order valence-corrected chi connectivity index (χ1v) is 9.90. The van der Waals surface area contributed by atoms with Gasteiger partial charge in [0.1, 0.15) is 10.5 Å². The van der Waals surface area contributed by atoms with E-state index >= 15 is 0 Å². The second-order valence-corrected chi connectivity index (χ2v) is 8.17. The SMILES string of the molecule is Cc1ccc2nc(Cn3cnc4sc5c(c4c3=O)CCCC5)cc(=O)n2c1. The van der Waals surface area contributed by atoms with Crippen LogP contribution in [-0.2, 0) is 19.4 Å². The fourth-order valence-corrected chi connectivity index (χ4v) is 5.03. The van der Waals surface area contributed by atoms with E-state index in [0.29, 0.717) is 11.3 Å². The quantitative estimate of drug-likeness (QED) is 0.538. The van der Waals surface area contributed by atoms with E-state index in [4.69, 9.17) is 0 Å². The van der Waals surface area contributed by atoms with E-state index in [1.807, 2.05) is 19.1 Å². The van der Waals surface area contributed by atoms with Gasteiger partial charge in [-0.25, -0.2) is 9.97 Å². The molecule has 0 bridgehead atoms. The van der Waals surface area contributed by atoms with Gasteiger partial charge in [-0.05, 0) is 49.8 Å². The molecular formula is C20H18N4O2S. The molecule has 0 unspecified atom stereocenters. The number of pyridine rings is 1. The molecule has 1 aliphatic carbocycles. The number of rotatable bonds is 2. The predicted molar refractivity (Wildman–Crippen MR) is 106 cm³/mol. The summed E-state index contributed by atoms with van der Waals surface area (Å²) in [7, 11) is 0. The van der Waals surface area contributed by atoms with Crippen molar-refractivity contribution in [3.8, 4) is 0 Å². The molecule has 0 amide bonds. The van der Waals surface area contributed by atoms with Gasteiger partial charge in [0.05, 0.1) is 24.0 Å². The van der Waals surface area contributed by atoms with Crippen LogP contribution in [0.3, 0.4) is 0 Å². The lowest BCUT2D eigenvalue weighted by atomic mass is 9.97. The monoisotopic (exact) mass is 378 g/mol. The number of aryl methyl sites for hydroxylation is 3. The molecule has 0 fully saturated rings. The zero-order valence-corrected chi connectivity index (χ0v) is 15.8. The van der Waals surface area contributed by atoms with E-state index in [9.17, 15) is 9.59 Å². The maximum atomic E-state index is 13.1. The van der Waals surface area contributed by atoms with E-state index in [1.54, 1.807) is 28.4 Å². The van der Waals surface area contributed by atoms with Gasteiger partial charge in [-0.1, -0.05) is 6.07 Å². The van der Waals surface area contributed by atoms with Crippen molar-refractivity contribution in [1.29, 1.82) is 0 Å². The van der Waals surface area contributed by atoms with Gasteiger partial charge in [-0.2, -0.15) is 0 Å². The lowest BCUT2D eigenvalue weighted by Gasteiger charge is -2.10. The zero-order valence-electron chi connectivity index (χ0n) is 14.9. The summed E-state index contributed by atoms with van der Waals surface area (Å²) in [5.74, 6) is 0. The minimum Gasteiger partial charge on any atom is -0.293 e. The van der Waals surface area contributed by atoms with Crippen molar-refractivity contribution in [2.24, 2.45) is 0 Å². The second-order valence-electron chi connectivity index (χ2n) is 7.09. The highest BCUT2D eigenvalue weighted by molar-refractivity contribution is 7.18. The van der Waals surface area contributed by atoms with E-state index in [0.717, 1.165) is 35.0 Å². The van der Waals surface area contributed by atoms with Crippen LogP contribution in [-0.4, -0.2) is 18.9 Å². The van der Waals surface area contributed by atoms with E-state index in [1.165, 1.54) is 27.3 Å². The van der Waals surface area contributed by atoms with Gasteiger partial charge in [0, 0.05) is 17.1 Å². The summed E-state index contributed by atoms with van der Waals surface area (Å²) in [6, 6.07) is 5.23. The predicted octanol–water partition coefficient (Wildman–Crippen LogP) is 2.70. The third kappa shape index (κ3) is 2.70. The number of thiophene rings is 1. The second kappa shape index (κ2) is 6.13. The zero-order chi connectivity index (χ0) is 18.5. The van der Waals surface area contributed by atoms with Gasteiger partial charge in [0.25, 0.3) is 11.1 Å². The molecule has 6 nitrogen and oxygen atoms in total. The summed E-state index contributed by atoms with van der Waals surface area (Å²) >= 11 is 1.64. The van der Waals surface area contributed by atoms with Crippen LogP contribution >= 0.6 is 11.3 Å². The van der Waals surface area contributed by atoms with Crippen molar-refractivity contribution in [3.63, 3.8) is 0 Å². The molecule has 4 aromatic rings. The van der Waals surface area contributed by atoms with Gasteiger partial charge >= 0.3 is 0 Å². The van der Waals surface area contributed by atoms with Crippen LogP contribution in [0.25, 0.3) is 15.9 Å². The molecule has 0 N–H and O–H groups in total. The molecule has 0 saturated heterocycles. The number of hydrogen-bond donors (Lipinski definition) is 0. The largest absolute Gasteiger partial charge is 0.293 e. The van der Waals surface area contributed by atoms with Crippen molar-refractivity contribution in [2.45, 2.75) is 39.2 Å².